The molecule has 3 nitrogen and oxygen atoms in total. The van der Waals surface area contributed by atoms with Crippen molar-refractivity contribution in [2.45, 2.75) is 26.4 Å². The van der Waals surface area contributed by atoms with Gasteiger partial charge >= 0.3 is 0 Å². The Morgan fingerprint density at radius 2 is 1.95 bits per heavy atom. The van der Waals surface area contributed by atoms with E-state index >= 15 is 0 Å². The molecule has 0 saturated carbocycles. The van der Waals surface area contributed by atoms with Crippen LogP contribution in [-0.2, 0) is 0 Å². The molecule has 0 aromatic heterocycles. The van der Waals surface area contributed by atoms with Crippen molar-refractivity contribution >= 4 is 11.8 Å². The summed E-state index contributed by atoms with van der Waals surface area (Å²) in [6, 6.07) is 6.16. The molecule has 1 saturated heterocycles. The number of aryl methyl sites for hydroxylation is 2. The first kappa shape index (κ1) is 15.7. The van der Waals surface area contributed by atoms with Crippen LogP contribution in [0.2, 0.25) is 0 Å². The third kappa shape index (κ3) is 5.35. The molecule has 1 fully saturated rings. The van der Waals surface area contributed by atoms with Crippen LogP contribution >= 0.6 is 11.8 Å². The van der Waals surface area contributed by atoms with Crippen LogP contribution in [0, 0.1) is 13.8 Å². The second-order valence-electron chi connectivity index (χ2n) is 5.55. The van der Waals surface area contributed by atoms with Gasteiger partial charge in [-0.25, -0.2) is 0 Å². The number of hydrogen-bond acceptors (Lipinski definition) is 4. The largest absolute Gasteiger partial charge is 0.491 e. The van der Waals surface area contributed by atoms with E-state index in [4.69, 9.17) is 4.74 Å². The van der Waals surface area contributed by atoms with Crippen molar-refractivity contribution < 1.29 is 9.84 Å². The lowest BCUT2D eigenvalue weighted by Crippen LogP contribution is -2.36. The molecule has 1 atom stereocenters. The van der Waals surface area contributed by atoms with Crippen molar-refractivity contribution in [1.29, 1.82) is 0 Å². The van der Waals surface area contributed by atoms with Gasteiger partial charge < -0.3 is 9.84 Å². The van der Waals surface area contributed by atoms with Gasteiger partial charge in [0.1, 0.15) is 18.5 Å². The summed E-state index contributed by atoms with van der Waals surface area (Å²) in [4.78, 5) is 2.34. The second-order valence-corrected chi connectivity index (χ2v) is 6.78. The molecule has 0 aliphatic carbocycles. The molecule has 1 unspecified atom stereocenters. The number of nitrogens with zero attached hydrogens (tertiary/aromatic N) is 1. The van der Waals surface area contributed by atoms with E-state index in [1.807, 2.05) is 23.9 Å². The van der Waals surface area contributed by atoms with Crippen molar-refractivity contribution in [3.05, 3.63) is 29.3 Å². The molecular formula is C16H25NO2S. The van der Waals surface area contributed by atoms with Crippen molar-refractivity contribution in [1.82, 2.24) is 4.90 Å². The molecular weight excluding hydrogens is 270 g/mol. The number of hydrogen-bond donors (Lipinski definition) is 1. The Labute approximate surface area is 126 Å². The molecule has 0 spiro atoms. The molecule has 1 aromatic carbocycles. The number of rotatable bonds is 5. The highest BCUT2D eigenvalue weighted by atomic mass is 32.2. The molecule has 1 aromatic rings. The van der Waals surface area contributed by atoms with E-state index in [1.54, 1.807) is 0 Å². The second kappa shape index (κ2) is 7.91. The van der Waals surface area contributed by atoms with Crippen molar-refractivity contribution in [3.8, 4) is 5.75 Å². The third-order valence-electron chi connectivity index (χ3n) is 3.42. The van der Waals surface area contributed by atoms with Crippen LogP contribution in [0.3, 0.4) is 0 Å². The lowest BCUT2D eigenvalue weighted by Gasteiger charge is -2.23. The summed E-state index contributed by atoms with van der Waals surface area (Å²) >= 11 is 2.01. The van der Waals surface area contributed by atoms with Crippen molar-refractivity contribution in [2.24, 2.45) is 0 Å². The molecule has 20 heavy (non-hydrogen) atoms. The number of ether oxygens (including phenoxy) is 1. The highest BCUT2D eigenvalue weighted by molar-refractivity contribution is 7.99. The fourth-order valence-corrected chi connectivity index (χ4v) is 3.46. The molecule has 0 bridgehead atoms. The first-order valence-corrected chi connectivity index (χ1v) is 8.48. The van der Waals surface area contributed by atoms with Gasteiger partial charge in [-0.2, -0.15) is 11.8 Å². The van der Waals surface area contributed by atoms with Crippen molar-refractivity contribution in [3.63, 3.8) is 0 Å². The fourth-order valence-electron chi connectivity index (χ4n) is 2.54. The monoisotopic (exact) mass is 295 g/mol. The Morgan fingerprint density at radius 1 is 1.20 bits per heavy atom. The summed E-state index contributed by atoms with van der Waals surface area (Å²) in [5.74, 6) is 3.27. The van der Waals surface area contributed by atoms with Crippen LogP contribution < -0.4 is 4.74 Å². The molecule has 4 heteroatoms. The van der Waals surface area contributed by atoms with Gasteiger partial charge in [0.15, 0.2) is 0 Å². The van der Waals surface area contributed by atoms with Crippen LogP contribution in [0.1, 0.15) is 17.5 Å². The maximum absolute atomic E-state index is 10.1. The molecule has 1 heterocycles. The van der Waals surface area contributed by atoms with Crippen LogP contribution in [0.5, 0.6) is 5.75 Å². The van der Waals surface area contributed by atoms with Crippen molar-refractivity contribution in [2.75, 3.05) is 37.7 Å². The maximum atomic E-state index is 10.1. The molecule has 1 N–H and O–H groups in total. The average molecular weight is 295 g/mol. The maximum Gasteiger partial charge on any atom is 0.119 e. The summed E-state index contributed by atoms with van der Waals surface area (Å²) in [5, 5.41) is 10.1. The smallest absolute Gasteiger partial charge is 0.119 e. The number of β-amino-alcohol motifs (C(OH)–C–C–N with tert-alkyl or cyclic N) is 1. The van der Waals surface area contributed by atoms with Crippen LogP contribution in [0.15, 0.2) is 18.2 Å². The van der Waals surface area contributed by atoms with E-state index in [0.29, 0.717) is 13.2 Å². The number of thioether (sulfide) groups is 1. The predicted molar refractivity (Wildman–Crippen MR) is 85.8 cm³/mol. The van der Waals surface area contributed by atoms with Gasteiger partial charge in [0.2, 0.25) is 0 Å². The minimum atomic E-state index is -0.418. The standard InChI is InChI=1S/C16H25NO2S/c1-13-8-14(2)10-16(9-13)19-12-15(18)11-17-4-3-6-20-7-5-17/h8-10,15,18H,3-7,11-12H2,1-2H3. The van der Waals surface area contributed by atoms with E-state index in [0.717, 1.165) is 18.8 Å². The van der Waals surface area contributed by atoms with Gasteiger partial charge in [-0.3, -0.25) is 4.90 Å². The first-order valence-electron chi connectivity index (χ1n) is 7.33. The first-order chi connectivity index (χ1) is 9.63. The van der Waals surface area contributed by atoms with Gasteiger partial charge in [0, 0.05) is 18.8 Å². The third-order valence-corrected chi connectivity index (χ3v) is 4.47. The minimum Gasteiger partial charge on any atom is -0.491 e. The van der Waals surface area contributed by atoms with E-state index < -0.39 is 6.10 Å². The summed E-state index contributed by atoms with van der Waals surface area (Å²) in [7, 11) is 0. The Hall–Kier alpha value is -0.710. The molecule has 112 valence electrons. The quantitative estimate of drug-likeness (QED) is 0.904. The zero-order chi connectivity index (χ0) is 14.4. The Balaban J connectivity index is 1.77. The van der Waals surface area contributed by atoms with Gasteiger partial charge in [0.05, 0.1) is 0 Å². The topological polar surface area (TPSA) is 32.7 Å². The zero-order valence-electron chi connectivity index (χ0n) is 12.5. The lowest BCUT2D eigenvalue weighted by molar-refractivity contribution is 0.0707. The van der Waals surface area contributed by atoms with Gasteiger partial charge in [-0.1, -0.05) is 6.07 Å². The Kier molecular flexibility index (Phi) is 6.20. The zero-order valence-corrected chi connectivity index (χ0v) is 13.3. The Morgan fingerprint density at radius 3 is 2.70 bits per heavy atom. The number of benzene rings is 1. The average Bonchev–Trinajstić information content (AvgIpc) is 2.64. The van der Waals surface area contributed by atoms with Crippen LogP contribution in [0.25, 0.3) is 0 Å². The van der Waals surface area contributed by atoms with Gasteiger partial charge in [-0.05, 0) is 55.8 Å². The van der Waals surface area contributed by atoms with E-state index in [2.05, 4.69) is 24.8 Å². The molecule has 0 amide bonds. The number of aliphatic hydroxyl groups is 1. The molecule has 2 rings (SSSR count). The van der Waals surface area contributed by atoms with Gasteiger partial charge in [-0.15, -0.1) is 0 Å². The summed E-state index contributed by atoms with van der Waals surface area (Å²) in [6.45, 7) is 7.37. The highest BCUT2D eigenvalue weighted by Crippen LogP contribution is 2.16. The molecule has 1 aliphatic rings. The van der Waals surface area contributed by atoms with E-state index in [-0.39, 0.29) is 0 Å². The molecule has 0 radical (unpaired) electrons. The Bertz CT molecular complexity index is 397. The minimum absolute atomic E-state index is 0.368. The number of aliphatic hydroxyl groups excluding tert-OH is 1. The van der Waals surface area contributed by atoms with Crippen LogP contribution in [0.4, 0.5) is 0 Å². The summed E-state index contributed by atoms with van der Waals surface area (Å²) in [5.41, 5.74) is 2.39. The van der Waals surface area contributed by atoms with E-state index in [1.165, 1.54) is 29.1 Å². The van der Waals surface area contributed by atoms with E-state index in [9.17, 15) is 5.11 Å². The highest BCUT2D eigenvalue weighted by Gasteiger charge is 2.14. The summed E-state index contributed by atoms with van der Waals surface area (Å²) in [6.07, 6.45) is 0.800. The molecule has 1 aliphatic heterocycles. The summed E-state index contributed by atoms with van der Waals surface area (Å²) < 4.78 is 5.72. The fraction of sp³-hybridized carbons (Fsp3) is 0.625. The normalized spacial score (nSPS) is 18.6. The van der Waals surface area contributed by atoms with Gasteiger partial charge in [0.25, 0.3) is 0 Å². The van der Waals surface area contributed by atoms with Crippen LogP contribution in [-0.4, -0.2) is 53.9 Å². The lowest BCUT2D eigenvalue weighted by atomic mass is 10.1. The predicted octanol–water partition coefficient (Wildman–Crippen LogP) is 2.48. The SMILES string of the molecule is Cc1cc(C)cc(OCC(O)CN2CCCSCC2)c1.